The Morgan fingerprint density at radius 3 is 2.75 bits per heavy atom. The van der Waals surface area contributed by atoms with Crippen molar-refractivity contribution in [3.05, 3.63) is 24.3 Å². The van der Waals surface area contributed by atoms with Gasteiger partial charge in [-0.05, 0) is 44.4 Å². The maximum Gasteiger partial charge on any atom is 0.180 e. The Balaban J connectivity index is 2.40. The maximum absolute atomic E-state index is 12.3. The minimum absolute atomic E-state index is 0.138. The molecule has 0 spiro atoms. The van der Waals surface area contributed by atoms with Gasteiger partial charge in [-0.3, -0.25) is 0 Å². The predicted octanol–water partition coefficient (Wildman–Crippen LogP) is 2.19. The number of nitrogens with zero attached hydrogens (tertiary/aromatic N) is 1. The van der Waals surface area contributed by atoms with Crippen molar-refractivity contribution in [3.8, 4) is 0 Å². The maximum atomic E-state index is 12.3. The van der Waals surface area contributed by atoms with E-state index in [4.69, 9.17) is 5.73 Å². The molecule has 4 nitrogen and oxygen atoms in total. The monoisotopic (exact) mass is 296 g/mol. The Morgan fingerprint density at radius 1 is 1.30 bits per heavy atom. The molecule has 1 heterocycles. The fourth-order valence-corrected chi connectivity index (χ4v) is 4.02. The molecule has 1 aromatic carbocycles. The Hall–Kier alpha value is -1.07. The molecule has 2 rings (SSSR count). The molecule has 112 valence electrons. The Kier molecular flexibility index (Phi) is 5.05. The van der Waals surface area contributed by atoms with Crippen LogP contribution in [0.3, 0.4) is 0 Å². The van der Waals surface area contributed by atoms with Gasteiger partial charge in [0.05, 0.1) is 16.3 Å². The number of hydrogen-bond donors (Lipinski definition) is 1. The van der Waals surface area contributed by atoms with Gasteiger partial charge in [-0.1, -0.05) is 19.1 Å². The number of para-hydroxylation sites is 1. The van der Waals surface area contributed by atoms with Crippen LogP contribution in [0.5, 0.6) is 0 Å². The van der Waals surface area contributed by atoms with Crippen molar-refractivity contribution in [2.45, 2.75) is 43.5 Å². The van der Waals surface area contributed by atoms with Gasteiger partial charge in [0.1, 0.15) is 0 Å². The molecule has 1 unspecified atom stereocenters. The lowest BCUT2D eigenvalue weighted by Crippen LogP contribution is -2.41. The summed E-state index contributed by atoms with van der Waals surface area (Å²) in [6.45, 7) is 3.25. The van der Waals surface area contributed by atoms with Gasteiger partial charge in [-0.15, -0.1) is 0 Å². The van der Waals surface area contributed by atoms with Crippen LogP contribution in [0.2, 0.25) is 0 Å². The lowest BCUT2D eigenvalue weighted by molar-refractivity contribution is 0.439. The molecule has 0 aliphatic carbocycles. The summed E-state index contributed by atoms with van der Waals surface area (Å²) in [4.78, 5) is 2.71. The van der Waals surface area contributed by atoms with Crippen LogP contribution >= 0.6 is 0 Å². The minimum atomic E-state index is -3.19. The van der Waals surface area contributed by atoms with E-state index in [-0.39, 0.29) is 5.75 Å². The molecule has 5 heteroatoms. The first-order valence-electron chi connectivity index (χ1n) is 7.38. The van der Waals surface area contributed by atoms with Gasteiger partial charge in [0.15, 0.2) is 9.84 Å². The van der Waals surface area contributed by atoms with E-state index in [0.717, 1.165) is 31.5 Å². The quantitative estimate of drug-likeness (QED) is 0.904. The third kappa shape index (κ3) is 3.15. The van der Waals surface area contributed by atoms with Crippen molar-refractivity contribution in [2.75, 3.05) is 23.7 Å². The molecule has 1 atom stereocenters. The number of nitrogens with two attached hydrogens (primary N) is 1. The number of hydrogen-bond acceptors (Lipinski definition) is 4. The SMILES string of the molecule is CCS(=O)(=O)c1ccccc1N1CCCCC1CCN. The molecular weight excluding hydrogens is 272 g/mol. The second-order valence-corrected chi connectivity index (χ2v) is 7.54. The molecule has 1 aromatic rings. The lowest BCUT2D eigenvalue weighted by Gasteiger charge is -2.38. The van der Waals surface area contributed by atoms with Crippen LogP contribution in [-0.2, 0) is 9.84 Å². The van der Waals surface area contributed by atoms with Gasteiger partial charge in [0.2, 0.25) is 0 Å². The average Bonchev–Trinajstić information content (AvgIpc) is 2.48. The van der Waals surface area contributed by atoms with E-state index in [9.17, 15) is 8.42 Å². The zero-order valence-corrected chi connectivity index (χ0v) is 12.9. The summed E-state index contributed by atoms with van der Waals surface area (Å²) in [6, 6.07) is 7.73. The van der Waals surface area contributed by atoms with E-state index >= 15 is 0 Å². The first-order valence-corrected chi connectivity index (χ1v) is 9.04. The standard InChI is InChI=1S/C15H24N2O2S/c1-2-20(18,19)15-9-4-3-8-14(15)17-12-6-5-7-13(17)10-11-16/h3-4,8-9,13H,2,5-7,10-12,16H2,1H3. The summed E-state index contributed by atoms with van der Waals surface area (Å²) < 4.78 is 24.6. The van der Waals surface area contributed by atoms with Crippen molar-refractivity contribution in [2.24, 2.45) is 5.73 Å². The van der Waals surface area contributed by atoms with Crippen molar-refractivity contribution in [1.29, 1.82) is 0 Å². The van der Waals surface area contributed by atoms with Crippen LogP contribution in [0.1, 0.15) is 32.6 Å². The summed E-state index contributed by atoms with van der Waals surface area (Å²) in [5.41, 5.74) is 6.56. The van der Waals surface area contributed by atoms with Gasteiger partial charge in [0, 0.05) is 12.6 Å². The molecule has 1 fully saturated rings. The van der Waals surface area contributed by atoms with E-state index in [1.165, 1.54) is 6.42 Å². The smallest absolute Gasteiger partial charge is 0.180 e. The largest absolute Gasteiger partial charge is 0.367 e. The molecule has 0 aromatic heterocycles. The molecule has 1 saturated heterocycles. The van der Waals surface area contributed by atoms with Crippen molar-refractivity contribution < 1.29 is 8.42 Å². The first-order chi connectivity index (χ1) is 9.60. The fraction of sp³-hybridized carbons (Fsp3) is 0.600. The number of benzene rings is 1. The second-order valence-electron chi connectivity index (χ2n) is 5.29. The molecule has 20 heavy (non-hydrogen) atoms. The van der Waals surface area contributed by atoms with Gasteiger partial charge < -0.3 is 10.6 Å². The molecular formula is C15H24N2O2S. The van der Waals surface area contributed by atoms with Crippen LogP contribution in [0.15, 0.2) is 29.2 Å². The third-order valence-electron chi connectivity index (χ3n) is 4.02. The van der Waals surface area contributed by atoms with Crippen molar-refractivity contribution in [1.82, 2.24) is 0 Å². The van der Waals surface area contributed by atoms with Gasteiger partial charge in [-0.2, -0.15) is 0 Å². The van der Waals surface area contributed by atoms with E-state index in [1.54, 1.807) is 19.1 Å². The van der Waals surface area contributed by atoms with Crippen LogP contribution in [0, 0.1) is 0 Å². The normalized spacial score (nSPS) is 20.1. The third-order valence-corrected chi connectivity index (χ3v) is 5.79. The highest BCUT2D eigenvalue weighted by molar-refractivity contribution is 7.91. The van der Waals surface area contributed by atoms with E-state index in [1.807, 2.05) is 12.1 Å². The van der Waals surface area contributed by atoms with E-state index in [0.29, 0.717) is 17.5 Å². The van der Waals surface area contributed by atoms with Crippen LogP contribution in [-0.4, -0.2) is 33.3 Å². The molecule has 0 bridgehead atoms. The summed E-state index contributed by atoms with van der Waals surface area (Å²) in [6.07, 6.45) is 4.32. The molecule has 1 aliphatic rings. The fourth-order valence-electron chi connectivity index (χ4n) is 2.92. The minimum Gasteiger partial charge on any atom is -0.367 e. The molecule has 0 radical (unpaired) electrons. The highest BCUT2D eigenvalue weighted by atomic mass is 32.2. The molecule has 0 saturated carbocycles. The lowest BCUT2D eigenvalue weighted by atomic mass is 9.98. The van der Waals surface area contributed by atoms with Crippen LogP contribution < -0.4 is 10.6 Å². The summed E-state index contributed by atoms with van der Waals surface area (Å²) >= 11 is 0. The number of sulfone groups is 1. The van der Waals surface area contributed by atoms with E-state index in [2.05, 4.69) is 4.90 Å². The highest BCUT2D eigenvalue weighted by Gasteiger charge is 2.26. The molecule has 0 amide bonds. The van der Waals surface area contributed by atoms with Crippen LogP contribution in [0.4, 0.5) is 5.69 Å². The van der Waals surface area contributed by atoms with Crippen LogP contribution in [0.25, 0.3) is 0 Å². The summed E-state index contributed by atoms with van der Waals surface area (Å²) in [5.74, 6) is 0.138. The highest BCUT2D eigenvalue weighted by Crippen LogP contribution is 2.32. The Morgan fingerprint density at radius 2 is 2.05 bits per heavy atom. The van der Waals surface area contributed by atoms with Gasteiger partial charge >= 0.3 is 0 Å². The van der Waals surface area contributed by atoms with Gasteiger partial charge in [-0.25, -0.2) is 8.42 Å². The summed E-state index contributed by atoms with van der Waals surface area (Å²) in [5, 5.41) is 0. The zero-order valence-electron chi connectivity index (χ0n) is 12.1. The molecule has 1 aliphatic heterocycles. The summed E-state index contributed by atoms with van der Waals surface area (Å²) in [7, 11) is -3.19. The number of piperidine rings is 1. The number of rotatable bonds is 5. The van der Waals surface area contributed by atoms with Crippen molar-refractivity contribution >= 4 is 15.5 Å². The van der Waals surface area contributed by atoms with E-state index < -0.39 is 9.84 Å². The second kappa shape index (κ2) is 6.59. The zero-order chi connectivity index (χ0) is 14.6. The molecule has 2 N–H and O–H groups in total. The number of anilines is 1. The Bertz CT molecular complexity index is 541. The first kappa shape index (κ1) is 15.3. The topological polar surface area (TPSA) is 63.4 Å². The van der Waals surface area contributed by atoms with Crippen molar-refractivity contribution in [3.63, 3.8) is 0 Å². The van der Waals surface area contributed by atoms with Gasteiger partial charge in [0.25, 0.3) is 0 Å². The average molecular weight is 296 g/mol. The predicted molar refractivity (Wildman–Crippen MR) is 82.8 cm³/mol. The Labute approximate surface area is 121 Å².